The van der Waals surface area contributed by atoms with Gasteiger partial charge in [0.15, 0.2) is 0 Å². The number of alkyl halides is 4. The predicted molar refractivity (Wildman–Crippen MR) is 67.6 cm³/mol. The van der Waals surface area contributed by atoms with E-state index in [0.29, 0.717) is 0 Å². The highest BCUT2D eigenvalue weighted by molar-refractivity contribution is 9.29. The molecule has 66 valence electrons. The third kappa shape index (κ3) is 2.56. The van der Waals surface area contributed by atoms with Crippen molar-refractivity contribution < 1.29 is 0 Å². The van der Waals surface area contributed by atoms with Gasteiger partial charge in [0.2, 0.25) is 0 Å². The van der Waals surface area contributed by atoms with Crippen LogP contribution >= 0.6 is 63.7 Å². The zero-order valence-electron chi connectivity index (χ0n) is 5.98. The zero-order chi connectivity index (χ0) is 9.19. The molecule has 0 heterocycles. The number of halogens is 4. The topological polar surface area (TPSA) is 0 Å². The number of hydrogen-bond acceptors (Lipinski definition) is 0. The van der Waals surface area contributed by atoms with Gasteiger partial charge >= 0.3 is 0 Å². The molecule has 0 saturated heterocycles. The fraction of sp³-hybridized carbons (Fsp3) is 0.250. The fourth-order valence-electron chi connectivity index (χ4n) is 0.786. The van der Waals surface area contributed by atoms with E-state index in [9.17, 15) is 0 Å². The van der Waals surface area contributed by atoms with E-state index in [4.69, 9.17) is 0 Å². The van der Waals surface area contributed by atoms with Crippen LogP contribution in [0.1, 0.15) is 5.56 Å². The largest absolute Gasteiger partial charge is 0.127 e. The Labute approximate surface area is 106 Å². The van der Waals surface area contributed by atoms with Gasteiger partial charge in [0.1, 0.15) is 3.23 Å². The van der Waals surface area contributed by atoms with Crippen molar-refractivity contribution in [3.05, 3.63) is 35.9 Å². The minimum Gasteiger partial charge on any atom is -0.0736 e. The Morgan fingerprint density at radius 2 is 1.50 bits per heavy atom. The summed E-state index contributed by atoms with van der Waals surface area (Å²) in [6, 6.07) is 10.1. The SMILES string of the molecule is BrC(Br)C(Br)(Br)c1ccccc1. The van der Waals surface area contributed by atoms with Crippen LogP contribution in [0, 0.1) is 0 Å². The Hall–Kier alpha value is 1.14. The third-order valence-electron chi connectivity index (χ3n) is 1.43. The molecule has 0 radical (unpaired) electrons. The molecule has 0 aliphatic carbocycles. The molecular formula is C8H6Br4. The van der Waals surface area contributed by atoms with Crippen molar-refractivity contribution in [3.8, 4) is 0 Å². The molecule has 1 rings (SSSR count). The molecule has 0 unspecified atom stereocenters. The first-order valence-electron chi connectivity index (χ1n) is 3.26. The Balaban J connectivity index is 2.98. The van der Waals surface area contributed by atoms with E-state index in [1.165, 1.54) is 5.56 Å². The normalized spacial score (nSPS) is 12.1. The summed E-state index contributed by atoms with van der Waals surface area (Å²) in [6.07, 6.45) is 0. The van der Waals surface area contributed by atoms with Crippen LogP contribution in [0.3, 0.4) is 0 Å². The third-order valence-corrected chi connectivity index (χ3v) is 7.10. The van der Waals surface area contributed by atoms with Crippen molar-refractivity contribution in [2.24, 2.45) is 0 Å². The van der Waals surface area contributed by atoms with Crippen LogP contribution in [0.2, 0.25) is 0 Å². The fourth-order valence-corrected chi connectivity index (χ4v) is 1.84. The number of hydrogen-bond donors (Lipinski definition) is 0. The summed E-state index contributed by atoms with van der Waals surface area (Å²) in [5.41, 5.74) is 1.17. The van der Waals surface area contributed by atoms with Gasteiger partial charge in [0.05, 0.1) is 3.74 Å². The lowest BCUT2D eigenvalue weighted by atomic mass is 10.2. The van der Waals surface area contributed by atoms with Gasteiger partial charge in [-0.3, -0.25) is 0 Å². The molecule has 0 bridgehead atoms. The van der Waals surface area contributed by atoms with E-state index in [2.05, 4.69) is 75.9 Å². The lowest BCUT2D eigenvalue weighted by Crippen LogP contribution is -2.16. The summed E-state index contributed by atoms with van der Waals surface area (Å²) in [5.74, 6) is 0. The Bertz CT molecular complexity index is 242. The predicted octanol–water partition coefficient (Wildman–Crippen LogP) is 4.75. The Morgan fingerprint density at radius 1 is 1.00 bits per heavy atom. The number of benzene rings is 1. The second-order valence-corrected chi connectivity index (χ2v) is 8.92. The van der Waals surface area contributed by atoms with Crippen molar-refractivity contribution in [2.45, 2.75) is 6.97 Å². The molecule has 12 heavy (non-hydrogen) atoms. The maximum Gasteiger partial charge on any atom is 0.127 e. The summed E-state index contributed by atoms with van der Waals surface area (Å²) >= 11 is 14.1. The molecule has 0 amide bonds. The first-order valence-corrected chi connectivity index (χ1v) is 6.68. The highest BCUT2D eigenvalue weighted by Gasteiger charge is 2.31. The van der Waals surface area contributed by atoms with Gasteiger partial charge in [-0.1, -0.05) is 94.1 Å². The van der Waals surface area contributed by atoms with Crippen LogP contribution < -0.4 is 0 Å². The molecule has 1 aromatic rings. The Kier molecular flexibility index (Phi) is 4.28. The molecule has 1 aromatic carbocycles. The molecule has 0 saturated carbocycles. The minimum atomic E-state index is -0.249. The van der Waals surface area contributed by atoms with Gasteiger partial charge in [-0.15, -0.1) is 0 Å². The van der Waals surface area contributed by atoms with Crippen LogP contribution in [0.4, 0.5) is 0 Å². The van der Waals surface area contributed by atoms with Crippen molar-refractivity contribution in [2.75, 3.05) is 0 Å². The smallest absolute Gasteiger partial charge is 0.0736 e. The molecular weight excluding hydrogens is 416 g/mol. The van der Waals surface area contributed by atoms with Crippen molar-refractivity contribution in [1.29, 1.82) is 0 Å². The molecule has 4 heteroatoms. The maximum absolute atomic E-state index is 3.58. The lowest BCUT2D eigenvalue weighted by molar-refractivity contribution is 1.05. The van der Waals surface area contributed by atoms with Crippen molar-refractivity contribution in [1.82, 2.24) is 0 Å². The van der Waals surface area contributed by atoms with Gasteiger partial charge in [-0.2, -0.15) is 0 Å². The summed E-state index contributed by atoms with van der Waals surface area (Å²) in [7, 11) is 0. The van der Waals surface area contributed by atoms with Gasteiger partial charge in [0, 0.05) is 0 Å². The Morgan fingerprint density at radius 3 is 1.92 bits per heavy atom. The van der Waals surface area contributed by atoms with Crippen LogP contribution in [0.25, 0.3) is 0 Å². The van der Waals surface area contributed by atoms with E-state index in [-0.39, 0.29) is 6.97 Å². The summed E-state index contributed by atoms with van der Waals surface area (Å²) < 4.78 is -0.110. The van der Waals surface area contributed by atoms with Crippen LogP contribution in [0.5, 0.6) is 0 Å². The van der Waals surface area contributed by atoms with Crippen molar-refractivity contribution in [3.63, 3.8) is 0 Å². The molecule has 0 nitrogen and oxygen atoms in total. The highest BCUT2D eigenvalue weighted by Crippen LogP contribution is 2.46. The lowest BCUT2D eigenvalue weighted by Gasteiger charge is -2.22. The molecule has 0 N–H and O–H groups in total. The van der Waals surface area contributed by atoms with E-state index < -0.39 is 0 Å². The van der Waals surface area contributed by atoms with Crippen LogP contribution in [0.15, 0.2) is 30.3 Å². The second-order valence-electron chi connectivity index (χ2n) is 2.29. The molecule has 0 aliphatic heterocycles. The summed E-state index contributed by atoms with van der Waals surface area (Å²) in [5, 5.41) is 0. The second kappa shape index (κ2) is 4.58. The summed E-state index contributed by atoms with van der Waals surface area (Å²) in [6.45, 7) is 0. The average Bonchev–Trinajstić information content (AvgIpc) is 2.06. The first-order chi connectivity index (χ1) is 5.55. The standard InChI is InChI=1S/C8H6Br4/c9-7(10)8(11,12)6-4-2-1-3-5-6/h1-5,7H. The monoisotopic (exact) mass is 418 g/mol. The highest BCUT2D eigenvalue weighted by atomic mass is 79.9. The zero-order valence-corrected chi connectivity index (χ0v) is 12.3. The molecule has 0 fully saturated rings. The van der Waals surface area contributed by atoms with Gasteiger partial charge < -0.3 is 0 Å². The molecule has 0 atom stereocenters. The van der Waals surface area contributed by atoms with E-state index >= 15 is 0 Å². The van der Waals surface area contributed by atoms with Crippen molar-refractivity contribution >= 4 is 63.7 Å². The molecule has 0 spiro atoms. The van der Waals surface area contributed by atoms with E-state index in [1.54, 1.807) is 0 Å². The van der Waals surface area contributed by atoms with Gasteiger partial charge in [-0.05, 0) is 5.56 Å². The maximum atomic E-state index is 3.58. The number of rotatable bonds is 2. The van der Waals surface area contributed by atoms with Gasteiger partial charge in [0.25, 0.3) is 0 Å². The van der Waals surface area contributed by atoms with Crippen LogP contribution in [-0.4, -0.2) is 3.74 Å². The minimum absolute atomic E-state index is 0.139. The molecule has 0 aromatic heterocycles. The van der Waals surface area contributed by atoms with E-state index in [1.807, 2.05) is 18.2 Å². The quantitative estimate of drug-likeness (QED) is 0.605. The van der Waals surface area contributed by atoms with Crippen LogP contribution in [-0.2, 0) is 3.23 Å². The first kappa shape index (κ1) is 11.2. The average molecular weight is 422 g/mol. The van der Waals surface area contributed by atoms with Gasteiger partial charge in [-0.25, -0.2) is 0 Å². The van der Waals surface area contributed by atoms with E-state index in [0.717, 1.165) is 0 Å². The summed E-state index contributed by atoms with van der Waals surface area (Å²) in [4.78, 5) is 0. The molecule has 0 aliphatic rings.